The molecule has 0 spiro atoms. The maximum absolute atomic E-state index is 12.5. The number of para-hydroxylation sites is 1. The molecule has 0 saturated carbocycles. The number of carboxylic acid groups (broad SMARTS) is 1. The molecule has 1 saturated heterocycles. The molecule has 1 fully saturated rings. The van der Waals surface area contributed by atoms with E-state index in [1.807, 2.05) is 42.2 Å². The van der Waals surface area contributed by atoms with Gasteiger partial charge in [0.25, 0.3) is 0 Å². The molecule has 2 N–H and O–H groups in total. The molecule has 0 radical (unpaired) electrons. The summed E-state index contributed by atoms with van der Waals surface area (Å²) in [5.41, 5.74) is 0.675. The zero-order valence-electron chi connectivity index (χ0n) is 15.5. The molecule has 1 heterocycles. The second kappa shape index (κ2) is 8.22. The number of carbonyl (C=O) groups excluding carboxylic acids is 1. The van der Waals surface area contributed by atoms with Gasteiger partial charge in [0, 0.05) is 18.8 Å². The van der Waals surface area contributed by atoms with E-state index in [4.69, 9.17) is 4.74 Å². The molecule has 6 heteroatoms. The summed E-state index contributed by atoms with van der Waals surface area (Å²) in [5, 5.41) is 12.1. The van der Waals surface area contributed by atoms with Crippen LogP contribution in [0, 0.1) is 11.8 Å². The topological polar surface area (TPSA) is 78.9 Å². The first-order valence-electron chi connectivity index (χ1n) is 9.04. The Morgan fingerprint density at radius 1 is 1.07 bits per heavy atom. The lowest BCUT2D eigenvalue weighted by atomic mass is 9.99. The van der Waals surface area contributed by atoms with Crippen LogP contribution >= 0.6 is 0 Å². The van der Waals surface area contributed by atoms with Gasteiger partial charge < -0.3 is 15.2 Å². The summed E-state index contributed by atoms with van der Waals surface area (Å²) in [6.45, 7) is 4.72. The van der Waals surface area contributed by atoms with Gasteiger partial charge in [0.1, 0.15) is 11.5 Å². The van der Waals surface area contributed by atoms with Crippen molar-refractivity contribution in [1.82, 2.24) is 4.90 Å². The van der Waals surface area contributed by atoms with Crippen LogP contribution < -0.4 is 10.1 Å². The smallest absolute Gasteiger partial charge is 0.308 e. The number of nitrogens with one attached hydrogen (secondary N) is 1. The molecule has 2 aromatic rings. The number of ether oxygens (including phenoxy) is 1. The zero-order chi connectivity index (χ0) is 19.4. The van der Waals surface area contributed by atoms with Crippen molar-refractivity contribution >= 4 is 17.6 Å². The third kappa shape index (κ3) is 4.65. The molecule has 0 aromatic heterocycles. The molecule has 142 valence electrons. The van der Waals surface area contributed by atoms with E-state index in [-0.39, 0.29) is 11.8 Å². The molecular formula is C21H24N2O4. The summed E-state index contributed by atoms with van der Waals surface area (Å²) >= 11 is 0. The van der Waals surface area contributed by atoms with Crippen LogP contribution in [0.15, 0.2) is 54.6 Å². The highest BCUT2D eigenvalue weighted by atomic mass is 16.5. The van der Waals surface area contributed by atoms with Gasteiger partial charge >= 0.3 is 5.97 Å². The second-order valence-corrected chi connectivity index (χ2v) is 6.98. The van der Waals surface area contributed by atoms with E-state index in [1.165, 1.54) is 0 Å². The predicted molar refractivity (Wildman–Crippen MR) is 103 cm³/mol. The van der Waals surface area contributed by atoms with Crippen LogP contribution in [0.2, 0.25) is 0 Å². The second-order valence-electron chi connectivity index (χ2n) is 6.98. The highest BCUT2D eigenvalue weighted by Crippen LogP contribution is 2.26. The Bertz CT molecular complexity index is 792. The molecule has 2 aromatic carbocycles. The molecule has 6 nitrogen and oxygen atoms in total. The lowest BCUT2D eigenvalue weighted by Gasteiger charge is -2.23. The monoisotopic (exact) mass is 368 g/mol. The largest absolute Gasteiger partial charge is 0.481 e. The van der Waals surface area contributed by atoms with E-state index in [0.717, 1.165) is 5.75 Å². The molecule has 3 rings (SSSR count). The fourth-order valence-corrected chi connectivity index (χ4v) is 3.29. The van der Waals surface area contributed by atoms with Gasteiger partial charge in [-0.2, -0.15) is 0 Å². The van der Waals surface area contributed by atoms with E-state index in [1.54, 1.807) is 31.2 Å². The summed E-state index contributed by atoms with van der Waals surface area (Å²) < 4.78 is 5.74. The van der Waals surface area contributed by atoms with Crippen LogP contribution in [0.25, 0.3) is 0 Å². The van der Waals surface area contributed by atoms with Crippen molar-refractivity contribution in [3.63, 3.8) is 0 Å². The SMILES string of the molecule is CC(C(=O)Nc1ccc(Oc2ccccc2)cc1)N1C[C@@H](C)[C@H](C(=O)O)C1. The van der Waals surface area contributed by atoms with Crippen LogP contribution in [0.3, 0.4) is 0 Å². The Morgan fingerprint density at radius 2 is 1.70 bits per heavy atom. The lowest BCUT2D eigenvalue weighted by molar-refractivity contribution is -0.142. The molecule has 27 heavy (non-hydrogen) atoms. The quantitative estimate of drug-likeness (QED) is 0.816. The summed E-state index contributed by atoms with van der Waals surface area (Å²) in [6.07, 6.45) is 0. The van der Waals surface area contributed by atoms with Crippen LogP contribution in [0.1, 0.15) is 13.8 Å². The zero-order valence-corrected chi connectivity index (χ0v) is 15.5. The molecule has 1 amide bonds. The Balaban J connectivity index is 1.57. The molecule has 0 aliphatic carbocycles. The number of anilines is 1. The molecule has 1 aliphatic heterocycles. The number of hydrogen-bond acceptors (Lipinski definition) is 4. The van der Waals surface area contributed by atoms with Gasteiger partial charge in [-0.15, -0.1) is 0 Å². The van der Waals surface area contributed by atoms with E-state index in [0.29, 0.717) is 24.5 Å². The minimum atomic E-state index is -0.799. The number of likely N-dealkylation sites (tertiary alicyclic amines) is 1. The number of rotatable bonds is 6. The highest BCUT2D eigenvalue weighted by molar-refractivity contribution is 5.94. The van der Waals surface area contributed by atoms with Crippen molar-refractivity contribution in [2.75, 3.05) is 18.4 Å². The Hall–Kier alpha value is -2.86. The van der Waals surface area contributed by atoms with Crippen LogP contribution in [-0.4, -0.2) is 41.0 Å². The van der Waals surface area contributed by atoms with E-state index in [2.05, 4.69) is 5.32 Å². The molecule has 1 unspecified atom stereocenters. The molecular weight excluding hydrogens is 344 g/mol. The number of hydrogen-bond donors (Lipinski definition) is 2. The Kier molecular flexibility index (Phi) is 5.76. The van der Waals surface area contributed by atoms with Crippen LogP contribution in [0.5, 0.6) is 11.5 Å². The van der Waals surface area contributed by atoms with Crippen molar-refractivity contribution < 1.29 is 19.4 Å². The maximum atomic E-state index is 12.5. The average molecular weight is 368 g/mol. The van der Waals surface area contributed by atoms with Gasteiger partial charge in [0.2, 0.25) is 5.91 Å². The summed E-state index contributed by atoms with van der Waals surface area (Å²) in [4.78, 5) is 25.7. The van der Waals surface area contributed by atoms with Gasteiger partial charge in [-0.25, -0.2) is 0 Å². The number of benzene rings is 2. The first-order valence-corrected chi connectivity index (χ1v) is 9.04. The van der Waals surface area contributed by atoms with Gasteiger partial charge in [-0.05, 0) is 49.2 Å². The van der Waals surface area contributed by atoms with Crippen molar-refractivity contribution in [3.05, 3.63) is 54.6 Å². The minimum Gasteiger partial charge on any atom is -0.481 e. The first-order chi connectivity index (χ1) is 12.9. The van der Waals surface area contributed by atoms with Gasteiger partial charge in [0.15, 0.2) is 0 Å². The molecule has 3 atom stereocenters. The minimum absolute atomic E-state index is 0.0344. The fraction of sp³-hybridized carbons (Fsp3) is 0.333. The van der Waals surface area contributed by atoms with Gasteiger partial charge in [-0.3, -0.25) is 14.5 Å². The normalized spacial score (nSPS) is 20.8. The predicted octanol–water partition coefficient (Wildman–Crippen LogP) is 3.46. The van der Waals surface area contributed by atoms with Crippen LogP contribution in [-0.2, 0) is 9.59 Å². The number of carbonyl (C=O) groups is 2. The Labute approximate surface area is 158 Å². The third-order valence-electron chi connectivity index (χ3n) is 4.99. The summed E-state index contributed by atoms with van der Waals surface area (Å²) in [6, 6.07) is 16.3. The highest BCUT2D eigenvalue weighted by Gasteiger charge is 2.38. The molecule has 0 bridgehead atoms. The van der Waals surface area contributed by atoms with Crippen LogP contribution in [0.4, 0.5) is 5.69 Å². The van der Waals surface area contributed by atoms with E-state index < -0.39 is 17.9 Å². The van der Waals surface area contributed by atoms with Crippen molar-refractivity contribution in [2.45, 2.75) is 19.9 Å². The van der Waals surface area contributed by atoms with Crippen molar-refractivity contribution in [3.8, 4) is 11.5 Å². The number of nitrogens with zero attached hydrogens (tertiary/aromatic N) is 1. The lowest BCUT2D eigenvalue weighted by Crippen LogP contribution is -2.41. The molecule has 1 aliphatic rings. The van der Waals surface area contributed by atoms with E-state index in [9.17, 15) is 14.7 Å². The number of carboxylic acids is 1. The van der Waals surface area contributed by atoms with Gasteiger partial charge in [-0.1, -0.05) is 25.1 Å². The fourth-order valence-electron chi connectivity index (χ4n) is 3.29. The number of amides is 1. The maximum Gasteiger partial charge on any atom is 0.308 e. The number of aliphatic carboxylic acids is 1. The van der Waals surface area contributed by atoms with E-state index >= 15 is 0 Å². The van der Waals surface area contributed by atoms with Crippen molar-refractivity contribution in [2.24, 2.45) is 11.8 Å². The standard InChI is InChI=1S/C21H24N2O4/c1-14-12-23(13-19(14)21(25)26)15(2)20(24)22-16-8-10-18(11-9-16)27-17-6-4-3-5-7-17/h3-11,14-15,19H,12-13H2,1-2H3,(H,22,24)(H,25,26)/t14-,15?,19-/m1/s1. The first kappa shape index (κ1) is 18.9. The average Bonchev–Trinajstić information content (AvgIpc) is 3.05. The summed E-state index contributed by atoms with van der Waals surface area (Å²) in [5.74, 6) is 0.0994. The van der Waals surface area contributed by atoms with Gasteiger partial charge in [0.05, 0.1) is 12.0 Å². The summed E-state index contributed by atoms with van der Waals surface area (Å²) in [7, 11) is 0. The van der Waals surface area contributed by atoms with Crippen molar-refractivity contribution in [1.29, 1.82) is 0 Å². The Morgan fingerprint density at radius 3 is 2.30 bits per heavy atom. The third-order valence-corrected chi connectivity index (χ3v) is 4.99.